The van der Waals surface area contributed by atoms with Gasteiger partial charge in [0.1, 0.15) is 0 Å². The highest BCUT2D eigenvalue weighted by molar-refractivity contribution is 8.93. The van der Waals surface area contributed by atoms with Crippen molar-refractivity contribution in [3.8, 4) is 0 Å². The molecular weight excluding hydrogens is 264 g/mol. The van der Waals surface area contributed by atoms with Gasteiger partial charge in [-0.3, -0.25) is 0 Å². The second-order valence-corrected chi connectivity index (χ2v) is 0. The summed E-state index contributed by atoms with van der Waals surface area (Å²) in [5.74, 6) is 0. The molecule has 0 aliphatic rings. The van der Waals surface area contributed by atoms with E-state index in [0.29, 0.717) is 0 Å². The summed E-state index contributed by atoms with van der Waals surface area (Å²) < 4.78 is 0. The maximum Gasteiger partial charge on any atom is -0.106 e. The van der Waals surface area contributed by atoms with E-state index in [1.165, 1.54) is 0 Å². The van der Waals surface area contributed by atoms with Crippen LogP contribution in [0.4, 0.5) is 0 Å². The van der Waals surface area contributed by atoms with E-state index in [1.807, 2.05) is 0 Å². The van der Waals surface area contributed by atoms with Crippen LogP contribution in [0.1, 0.15) is 0 Å². The van der Waals surface area contributed by atoms with E-state index in [1.54, 1.807) is 0 Å². The van der Waals surface area contributed by atoms with E-state index in [9.17, 15) is 0 Å². The zero-order valence-corrected chi connectivity index (χ0v) is 7.78. The van der Waals surface area contributed by atoms with Gasteiger partial charge in [-0.2, -0.15) is 0 Å². The average molecular weight is 271 g/mol. The molecule has 0 aromatic carbocycles. The average Bonchev–Trinajstić information content (AvgIpc) is 1.00. The Labute approximate surface area is 64.0 Å². The van der Waals surface area contributed by atoms with Crippen molar-refractivity contribution in [2.75, 3.05) is 0 Å². The van der Waals surface area contributed by atoms with Gasteiger partial charge in [0.25, 0.3) is 0 Å². The van der Waals surface area contributed by atoms with Crippen molar-refractivity contribution < 1.29 is 0 Å². The van der Waals surface area contributed by atoms with Crippen LogP contribution >= 0.6 is 50.9 Å². The van der Waals surface area contributed by atoms with Crippen LogP contribution in [-0.4, -0.2) is 0 Å². The van der Waals surface area contributed by atoms with Crippen molar-refractivity contribution in [1.29, 1.82) is 0 Å². The van der Waals surface area contributed by atoms with Gasteiger partial charge in [0.05, 0.1) is 0 Å². The molecule has 0 rings (SSSR count). The lowest BCUT2D eigenvalue weighted by atomic mass is 11.3. The molecule has 0 unspecified atom stereocenters. The first-order valence-electron chi connectivity index (χ1n) is 0.500. The molecule has 0 aliphatic heterocycles. The van der Waals surface area contributed by atoms with E-state index in [4.69, 9.17) is 0 Å². The molecular formula is C2H7Br3. The van der Waals surface area contributed by atoms with Gasteiger partial charge in [-0.25, -0.2) is 0 Å². The van der Waals surface area contributed by atoms with E-state index in [-0.39, 0.29) is 50.9 Å². The SMILES string of the molecule is Br.Br.Br.C=C. The van der Waals surface area contributed by atoms with Crippen LogP contribution in [0.25, 0.3) is 0 Å². The molecule has 5 heavy (non-hydrogen) atoms. The van der Waals surface area contributed by atoms with Gasteiger partial charge in [0.2, 0.25) is 0 Å². The lowest BCUT2D eigenvalue weighted by molar-refractivity contribution is 2.81. The number of hydrogen-bond acceptors (Lipinski definition) is 0. The quantitative estimate of drug-likeness (QED) is 0.594. The topological polar surface area (TPSA) is 0 Å². The van der Waals surface area contributed by atoms with Crippen LogP contribution in [-0.2, 0) is 0 Å². The Morgan fingerprint density at radius 3 is 0.600 bits per heavy atom. The zero-order valence-electron chi connectivity index (χ0n) is 2.64. The summed E-state index contributed by atoms with van der Waals surface area (Å²) in [6, 6.07) is 0. The maximum atomic E-state index is 3.00. The summed E-state index contributed by atoms with van der Waals surface area (Å²) in [6.45, 7) is 6.00. The Morgan fingerprint density at radius 1 is 0.600 bits per heavy atom. The van der Waals surface area contributed by atoms with Gasteiger partial charge in [-0.15, -0.1) is 64.1 Å². The van der Waals surface area contributed by atoms with Crippen molar-refractivity contribution in [2.45, 2.75) is 0 Å². The van der Waals surface area contributed by atoms with E-state index in [2.05, 4.69) is 13.2 Å². The van der Waals surface area contributed by atoms with Crippen LogP contribution in [0.5, 0.6) is 0 Å². The summed E-state index contributed by atoms with van der Waals surface area (Å²) in [4.78, 5) is 0. The minimum Gasteiger partial charge on any atom is -0.114 e. The lowest BCUT2D eigenvalue weighted by Crippen LogP contribution is -0.552. The second kappa shape index (κ2) is 65.0. The summed E-state index contributed by atoms with van der Waals surface area (Å²) in [5, 5.41) is 0. The Bertz CT molecular complexity index is 4.85. The minimum atomic E-state index is 0. The highest BCUT2D eigenvalue weighted by atomic mass is 79.9. The third kappa shape index (κ3) is 37.6. The molecule has 0 saturated carbocycles. The predicted molar refractivity (Wildman–Crippen MR) is 42.2 cm³/mol. The molecule has 0 aromatic heterocycles. The summed E-state index contributed by atoms with van der Waals surface area (Å²) >= 11 is 0. The van der Waals surface area contributed by atoms with Crippen LogP contribution in [0.15, 0.2) is 13.2 Å². The van der Waals surface area contributed by atoms with Crippen molar-refractivity contribution >= 4 is 50.9 Å². The molecule has 0 radical (unpaired) electrons. The van der Waals surface area contributed by atoms with Gasteiger partial charge in [0.15, 0.2) is 0 Å². The first-order chi connectivity index (χ1) is 1.00. The number of hydrogen-bond donors (Lipinski definition) is 0. The van der Waals surface area contributed by atoms with Crippen LogP contribution in [0, 0.1) is 0 Å². The Morgan fingerprint density at radius 2 is 0.600 bits per heavy atom. The minimum absolute atomic E-state index is 0. The smallest absolute Gasteiger partial charge is 0.106 e. The Balaban J connectivity index is -0.00000000167. The van der Waals surface area contributed by atoms with Gasteiger partial charge >= 0.3 is 0 Å². The maximum absolute atomic E-state index is 3.00. The molecule has 36 valence electrons. The standard InChI is InChI=1S/C2H4.3BrH/c1-2;;;/h1-2H2;3*1H. The summed E-state index contributed by atoms with van der Waals surface area (Å²) in [7, 11) is 0. The Hall–Kier alpha value is 1.18. The third-order valence-electron chi connectivity index (χ3n) is 0. The van der Waals surface area contributed by atoms with Gasteiger partial charge in [-0.1, -0.05) is 0 Å². The van der Waals surface area contributed by atoms with Crippen molar-refractivity contribution in [2.24, 2.45) is 0 Å². The molecule has 0 aromatic rings. The number of rotatable bonds is 0. The predicted octanol–water partition coefficient (Wildman–Crippen LogP) is 2.54. The highest BCUT2D eigenvalue weighted by Crippen LogP contribution is 0.863. The molecule has 0 spiro atoms. The number of halogens is 3. The van der Waals surface area contributed by atoms with Gasteiger partial charge in [0, 0.05) is 0 Å². The molecule has 0 aliphatic carbocycles. The first-order valence-corrected chi connectivity index (χ1v) is 0.500. The fourth-order valence-corrected chi connectivity index (χ4v) is 0. The van der Waals surface area contributed by atoms with Crippen molar-refractivity contribution in [1.82, 2.24) is 0 Å². The monoisotopic (exact) mass is 268 g/mol. The molecule has 0 atom stereocenters. The fraction of sp³-hybridized carbons (Fsp3) is 0. The molecule has 0 heterocycles. The zero-order chi connectivity index (χ0) is 2.00. The first kappa shape index (κ1) is 34.9. The molecule has 0 fully saturated rings. The van der Waals surface area contributed by atoms with E-state index >= 15 is 0 Å². The molecule has 0 bridgehead atoms. The lowest BCUT2D eigenvalue weighted by Gasteiger charge is -0.813. The van der Waals surface area contributed by atoms with E-state index in [0.717, 1.165) is 0 Å². The summed E-state index contributed by atoms with van der Waals surface area (Å²) in [5.41, 5.74) is 0. The molecule has 0 N–H and O–H groups in total. The molecule has 0 amide bonds. The fourth-order valence-electron chi connectivity index (χ4n) is 0. The highest BCUT2D eigenvalue weighted by Gasteiger charge is 0.601. The normalized spacial score (nSPS) is 0.800. The van der Waals surface area contributed by atoms with Crippen LogP contribution in [0.2, 0.25) is 0 Å². The van der Waals surface area contributed by atoms with Gasteiger partial charge < -0.3 is 0 Å². The molecule has 0 saturated heterocycles. The van der Waals surface area contributed by atoms with Crippen LogP contribution < -0.4 is 0 Å². The Kier molecular flexibility index (Phi) is 454. The third-order valence-corrected chi connectivity index (χ3v) is 0. The summed E-state index contributed by atoms with van der Waals surface area (Å²) in [6.07, 6.45) is 0. The molecule has 3 heteroatoms. The van der Waals surface area contributed by atoms with Crippen molar-refractivity contribution in [3.05, 3.63) is 13.2 Å². The van der Waals surface area contributed by atoms with Crippen molar-refractivity contribution in [3.63, 3.8) is 0 Å². The molecule has 0 nitrogen and oxygen atoms in total. The second-order valence-electron chi connectivity index (χ2n) is 0. The van der Waals surface area contributed by atoms with E-state index < -0.39 is 0 Å². The van der Waals surface area contributed by atoms with Crippen LogP contribution in [0.3, 0.4) is 0 Å². The van der Waals surface area contributed by atoms with Gasteiger partial charge in [-0.05, 0) is 0 Å². The largest absolute Gasteiger partial charge is 0.114 e.